The van der Waals surface area contributed by atoms with Crippen LogP contribution in [0.5, 0.6) is 5.75 Å². The fourth-order valence-electron chi connectivity index (χ4n) is 3.92. The van der Waals surface area contributed by atoms with Crippen LogP contribution < -0.4 is 10.4 Å². The van der Waals surface area contributed by atoms with E-state index in [1.54, 1.807) is 23.0 Å². The number of morpholine rings is 1. The third kappa shape index (κ3) is 3.28. The maximum atomic E-state index is 13.2. The van der Waals surface area contributed by atoms with Gasteiger partial charge in [0.1, 0.15) is 16.9 Å². The molecule has 1 aliphatic heterocycles. The van der Waals surface area contributed by atoms with Crippen molar-refractivity contribution in [3.63, 3.8) is 0 Å². The van der Waals surface area contributed by atoms with Gasteiger partial charge in [-0.2, -0.15) is 9.61 Å². The Morgan fingerprint density at radius 1 is 1.17 bits per heavy atom. The van der Waals surface area contributed by atoms with Gasteiger partial charge in [-0.1, -0.05) is 12.1 Å². The molecule has 4 heterocycles. The summed E-state index contributed by atoms with van der Waals surface area (Å²) in [6.45, 7) is 6.81. The lowest BCUT2D eigenvalue weighted by atomic mass is 10.2. The summed E-state index contributed by atoms with van der Waals surface area (Å²) in [6, 6.07) is 7.79. The van der Waals surface area contributed by atoms with E-state index in [0.29, 0.717) is 12.2 Å². The van der Waals surface area contributed by atoms with Crippen molar-refractivity contribution in [1.82, 2.24) is 24.1 Å². The van der Waals surface area contributed by atoms with E-state index < -0.39 is 0 Å². The van der Waals surface area contributed by atoms with Gasteiger partial charge < -0.3 is 9.47 Å². The predicted octanol–water partition coefficient (Wildman–Crippen LogP) is 2.30. The van der Waals surface area contributed by atoms with E-state index in [-0.39, 0.29) is 5.69 Å². The monoisotopic (exact) mass is 425 g/mol. The van der Waals surface area contributed by atoms with Crippen molar-refractivity contribution >= 4 is 27.2 Å². The van der Waals surface area contributed by atoms with Crippen LogP contribution in [0, 0.1) is 6.92 Å². The first-order valence-electron chi connectivity index (χ1n) is 9.93. The van der Waals surface area contributed by atoms with Gasteiger partial charge in [0.2, 0.25) is 0 Å². The molecule has 3 aromatic heterocycles. The first-order chi connectivity index (χ1) is 14.7. The highest BCUT2D eigenvalue weighted by Gasteiger charge is 2.21. The summed E-state index contributed by atoms with van der Waals surface area (Å²) in [7, 11) is 1.64. The van der Waals surface area contributed by atoms with E-state index in [1.807, 2.05) is 24.3 Å². The van der Waals surface area contributed by atoms with Crippen molar-refractivity contribution in [3.8, 4) is 5.75 Å². The molecule has 0 spiro atoms. The highest BCUT2D eigenvalue weighted by molar-refractivity contribution is 7.19. The van der Waals surface area contributed by atoms with Gasteiger partial charge in [0, 0.05) is 24.5 Å². The molecule has 1 saturated heterocycles. The number of hydrogen-bond acceptors (Lipinski definition) is 7. The molecule has 0 radical (unpaired) electrons. The van der Waals surface area contributed by atoms with Crippen LogP contribution in [0.2, 0.25) is 0 Å². The summed E-state index contributed by atoms with van der Waals surface area (Å²) in [5, 5.41) is 5.20. The molecule has 0 unspecified atom stereocenters. The lowest BCUT2D eigenvalue weighted by Gasteiger charge is -2.26. The van der Waals surface area contributed by atoms with Crippen LogP contribution in [0.4, 0.5) is 0 Å². The molecule has 0 amide bonds. The second-order valence-electron chi connectivity index (χ2n) is 7.43. The van der Waals surface area contributed by atoms with Gasteiger partial charge in [-0.3, -0.25) is 9.47 Å². The lowest BCUT2D eigenvalue weighted by Crippen LogP contribution is -2.35. The molecule has 1 fully saturated rings. The Bertz CT molecular complexity index is 1250. The Balaban J connectivity index is 1.63. The molecule has 156 valence electrons. The molecule has 4 aromatic rings. The minimum atomic E-state index is -0.176. The third-order valence-electron chi connectivity index (χ3n) is 5.63. The zero-order valence-corrected chi connectivity index (χ0v) is 17.8. The van der Waals surface area contributed by atoms with Gasteiger partial charge in [0.15, 0.2) is 5.65 Å². The van der Waals surface area contributed by atoms with E-state index in [2.05, 4.69) is 21.9 Å². The molecular formula is C21H23N5O3S. The quantitative estimate of drug-likeness (QED) is 0.489. The number of ether oxygens (including phenoxy) is 2. The first-order valence-corrected chi connectivity index (χ1v) is 10.7. The van der Waals surface area contributed by atoms with Crippen molar-refractivity contribution in [2.75, 3.05) is 33.4 Å². The molecule has 1 aliphatic rings. The molecule has 8 nitrogen and oxygen atoms in total. The third-order valence-corrected chi connectivity index (χ3v) is 6.93. The highest BCUT2D eigenvalue weighted by Crippen LogP contribution is 2.33. The number of benzene rings is 1. The van der Waals surface area contributed by atoms with Gasteiger partial charge in [0.25, 0.3) is 0 Å². The van der Waals surface area contributed by atoms with Gasteiger partial charge in [-0.15, -0.1) is 11.3 Å². The van der Waals surface area contributed by atoms with Crippen LogP contribution in [-0.4, -0.2) is 57.5 Å². The summed E-state index contributed by atoms with van der Waals surface area (Å²) >= 11 is 1.68. The SMILES string of the molecule is COc1ccc(Cn2c(=O)n3ncnc3c3c(C)c(CN4CCOCC4)sc32)cc1. The Labute approximate surface area is 177 Å². The van der Waals surface area contributed by atoms with Crippen LogP contribution in [0.15, 0.2) is 35.4 Å². The van der Waals surface area contributed by atoms with E-state index in [0.717, 1.165) is 54.4 Å². The number of fused-ring (bicyclic) bond motifs is 3. The van der Waals surface area contributed by atoms with Crippen LogP contribution >= 0.6 is 11.3 Å². The number of hydrogen-bond donors (Lipinski definition) is 0. The Morgan fingerprint density at radius 3 is 2.67 bits per heavy atom. The Kier molecular flexibility index (Phi) is 5.01. The standard InChI is InChI=1S/C21H23N5O3S/c1-14-17(12-24-7-9-29-10-8-24)30-20-18(14)19-22-13-23-26(19)21(27)25(20)11-15-3-5-16(28-2)6-4-15/h3-6,13H,7-12H2,1-2H3. The number of thiophene rings is 1. The largest absolute Gasteiger partial charge is 0.497 e. The molecule has 0 N–H and O–H groups in total. The Hall–Kier alpha value is -2.75. The molecule has 0 atom stereocenters. The summed E-state index contributed by atoms with van der Waals surface area (Å²) in [5.41, 5.74) is 2.65. The van der Waals surface area contributed by atoms with E-state index in [9.17, 15) is 4.79 Å². The number of nitrogens with zero attached hydrogens (tertiary/aromatic N) is 5. The normalized spacial score (nSPS) is 15.3. The van der Waals surface area contributed by atoms with Gasteiger partial charge in [-0.05, 0) is 30.2 Å². The summed E-state index contributed by atoms with van der Waals surface area (Å²) in [5.74, 6) is 0.794. The average molecular weight is 426 g/mol. The summed E-state index contributed by atoms with van der Waals surface area (Å²) in [6.07, 6.45) is 1.45. The zero-order valence-electron chi connectivity index (χ0n) is 17.0. The molecule has 30 heavy (non-hydrogen) atoms. The fraction of sp³-hybridized carbons (Fsp3) is 0.381. The van der Waals surface area contributed by atoms with Crippen LogP contribution in [0.1, 0.15) is 16.0 Å². The first kappa shape index (κ1) is 19.2. The van der Waals surface area contributed by atoms with Gasteiger partial charge >= 0.3 is 5.69 Å². The molecule has 0 aliphatic carbocycles. The average Bonchev–Trinajstić information content (AvgIpc) is 3.38. The molecule has 0 saturated carbocycles. The predicted molar refractivity (Wildman–Crippen MR) is 116 cm³/mol. The number of aryl methyl sites for hydroxylation is 1. The Morgan fingerprint density at radius 2 is 1.93 bits per heavy atom. The summed E-state index contributed by atoms with van der Waals surface area (Å²) in [4.78, 5) is 22.2. The zero-order chi connectivity index (χ0) is 20.7. The minimum Gasteiger partial charge on any atom is -0.497 e. The lowest BCUT2D eigenvalue weighted by molar-refractivity contribution is 0.0346. The van der Waals surface area contributed by atoms with Crippen LogP contribution in [-0.2, 0) is 17.8 Å². The van der Waals surface area contributed by atoms with Crippen LogP contribution in [0.3, 0.4) is 0 Å². The second-order valence-corrected chi connectivity index (χ2v) is 8.51. The maximum Gasteiger partial charge on any atom is 0.352 e. The number of rotatable bonds is 5. The maximum absolute atomic E-state index is 13.2. The molecule has 5 rings (SSSR count). The van der Waals surface area contributed by atoms with Crippen molar-refractivity contribution in [2.24, 2.45) is 0 Å². The molecular weight excluding hydrogens is 402 g/mol. The van der Waals surface area contributed by atoms with E-state index in [1.165, 1.54) is 21.3 Å². The highest BCUT2D eigenvalue weighted by atomic mass is 32.1. The van der Waals surface area contributed by atoms with Gasteiger partial charge in [0.05, 0.1) is 32.3 Å². The molecule has 1 aromatic carbocycles. The molecule has 0 bridgehead atoms. The fourth-order valence-corrected chi connectivity index (χ4v) is 5.25. The van der Waals surface area contributed by atoms with Crippen molar-refractivity contribution < 1.29 is 9.47 Å². The van der Waals surface area contributed by atoms with Crippen molar-refractivity contribution in [1.29, 1.82) is 0 Å². The summed E-state index contributed by atoms with van der Waals surface area (Å²) < 4.78 is 13.9. The number of methoxy groups -OCH3 is 1. The minimum absolute atomic E-state index is 0.176. The van der Waals surface area contributed by atoms with E-state index >= 15 is 0 Å². The number of aromatic nitrogens is 4. The van der Waals surface area contributed by atoms with Crippen LogP contribution in [0.25, 0.3) is 15.9 Å². The smallest absolute Gasteiger partial charge is 0.352 e. The topological polar surface area (TPSA) is 73.9 Å². The van der Waals surface area contributed by atoms with Crippen molar-refractivity contribution in [3.05, 3.63) is 57.1 Å². The van der Waals surface area contributed by atoms with Gasteiger partial charge in [-0.25, -0.2) is 9.78 Å². The van der Waals surface area contributed by atoms with E-state index in [4.69, 9.17) is 9.47 Å². The molecule has 9 heteroatoms. The second kappa shape index (κ2) is 7.82. The van der Waals surface area contributed by atoms with Crippen molar-refractivity contribution in [2.45, 2.75) is 20.0 Å².